The zero-order valence-corrected chi connectivity index (χ0v) is 12.1. The average Bonchev–Trinajstić information content (AvgIpc) is 2.45. The van der Waals surface area contributed by atoms with Crippen molar-refractivity contribution < 1.29 is 9.53 Å². The molecule has 0 N–H and O–H groups in total. The Kier molecular flexibility index (Phi) is 4.53. The Hall–Kier alpha value is -1.87. The Bertz CT molecular complexity index is 618. The Morgan fingerprint density at radius 1 is 1.11 bits per heavy atom. The molecule has 0 bridgehead atoms. The molecule has 0 aliphatic carbocycles. The standard InChI is InChI=1S/C16H13BrO2/c1-19-16(18)15-8-3-2-6-13(15)10-9-12-5-4-7-14(17)11-12/h2-11H,1H3/b10-9+. The Morgan fingerprint density at radius 2 is 1.89 bits per heavy atom. The molecule has 0 aromatic heterocycles. The molecule has 0 atom stereocenters. The summed E-state index contributed by atoms with van der Waals surface area (Å²) >= 11 is 3.43. The highest BCUT2D eigenvalue weighted by Crippen LogP contribution is 2.16. The molecular formula is C16H13BrO2. The van der Waals surface area contributed by atoms with E-state index in [4.69, 9.17) is 4.74 Å². The van der Waals surface area contributed by atoms with E-state index in [0.717, 1.165) is 15.6 Å². The van der Waals surface area contributed by atoms with Crippen molar-refractivity contribution in [2.24, 2.45) is 0 Å². The minimum Gasteiger partial charge on any atom is -0.465 e. The van der Waals surface area contributed by atoms with Gasteiger partial charge in [-0.1, -0.05) is 58.4 Å². The van der Waals surface area contributed by atoms with Crippen LogP contribution in [0.1, 0.15) is 21.5 Å². The van der Waals surface area contributed by atoms with E-state index in [9.17, 15) is 4.79 Å². The minimum absolute atomic E-state index is 0.325. The zero-order valence-electron chi connectivity index (χ0n) is 10.5. The van der Waals surface area contributed by atoms with Gasteiger partial charge in [0, 0.05) is 4.47 Å². The van der Waals surface area contributed by atoms with E-state index in [2.05, 4.69) is 15.9 Å². The molecule has 0 spiro atoms. The molecule has 2 rings (SSSR count). The van der Waals surface area contributed by atoms with Crippen molar-refractivity contribution >= 4 is 34.1 Å². The number of ether oxygens (including phenoxy) is 1. The lowest BCUT2D eigenvalue weighted by Gasteiger charge is -2.03. The number of rotatable bonds is 3. The number of carbonyl (C=O) groups is 1. The van der Waals surface area contributed by atoms with Gasteiger partial charge >= 0.3 is 5.97 Å². The van der Waals surface area contributed by atoms with Gasteiger partial charge in [0.1, 0.15) is 0 Å². The fourth-order valence-corrected chi connectivity index (χ4v) is 2.15. The van der Waals surface area contributed by atoms with Crippen LogP contribution in [0.3, 0.4) is 0 Å². The first-order chi connectivity index (χ1) is 9.20. The minimum atomic E-state index is -0.325. The van der Waals surface area contributed by atoms with E-state index in [1.807, 2.05) is 54.6 Å². The normalized spacial score (nSPS) is 10.6. The van der Waals surface area contributed by atoms with Crippen molar-refractivity contribution in [3.8, 4) is 0 Å². The van der Waals surface area contributed by atoms with Crippen LogP contribution in [-0.4, -0.2) is 13.1 Å². The highest BCUT2D eigenvalue weighted by Gasteiger charge is 2.08. The molecule has 19 heavy (non-hydrogen) atoms. The molecule has 2 aromatic carbocycles. The molecule has 3 heteroatoms. The first-order valence-electron chi connectivity index (χ1n) is 5.81. The zero-order chi connectivity index (χ0) is 13.7. The number of hydrogen-bond acceptors (Lipinski definition) is 2. The fraction of sp³-hybridized carbons (Fsp3) is 0.0625. The van der Waals surface area contributed by atoms with Gasteiger partial charge in [-0.25, -0.2) is 4.79 Å². The number of esters is 1. The Morgan fingerprint density at radius 3 is 2.63 bits per heavy atom. The van der Waals surface area contributed by atoms with E-state index in [1.54, 1.807) is 6.07 Å². The first kappa shape index (κ1) is 13.6. The number of benzene rings is 2. The molecule has 0 saturated heterocycles. The summed E-state index contributed by atoms with van der Waals surface area (Å²) in [6.07, 6.45) is 3.88. The van der Waals surface area contributed by atoms with Gasteiger partial charge in [0.05, 0.1) is 12.7 Å². The summed E-state index contributed by atoms with van der Waals surface area (Å²) in [5.41, 5.74) is 2.47. The summed E-state index contributed by atoms with van der Waals surface area (Å²) in [6.45, 7) is 0. The van der Waals surface area contributed by atoms with Gasteiger partial charge in [0.25, 0.3) is 0 Å². The molecule has 2 nitrogen and oxygen atoms in total. The predicted molar refractivity (Wildman–Crippen MR) is 80.9 cm³/mol. The van der Waals surface area contributed by atoms with Gasteiger partial charge in [-0.2, -0.15) is 0 Å². The highest BCUT2D eigenvalue weighted by atomic mass is 79.9. The highest BCUT2D eigenvalue weighted by molar-refractivity contribution is 9.10. The monoisotopic (exact) mass is 316 g/mol. The predicted octanol–water partition coefficient (Wildman–Crippen LogP) is 4.41. The second-order valence-electron chi connectivity index (χ2n) is 3.97. The van der Waals surface area contributed by atoms with Crippen molar-refractivity contribution in [2.45, 2.75) is 0 Å². The summed E-state index contributed by atoms with van der Waals surface area (Å²) in [7, 11) is 1.39. The maximum Gasteiger partial charge on any atom is 0.338 e. The van der Waals surface area contributed by atoms with Gasteiger partial charge < -0.3 is 4.74 Å². The van der Waals surface area contributed by atoms with Crippen LogP contribution < -0.4 is 0 Å². The quantitative estimate of drug-likeness (QED) is 0.619. The van der Waals surface area contributed by atoms with Crippen LogP contribution in [0.2, 0.25) is 0 Å². The molecule has 0 fully saturated rings. The molecular weight excluding hydrogens is 304 g/mol. The van der Waals surface area contributed by atoms with Crippen LogP contribution in [0.5, 0.6) is 0 Å². The maximum atomic E-state index is 11.6. The number of halogens is 1. The molecule has 0 radical (unpaired) electrons. The third kappa shape index (κ3) is 3.55. The molecule has 0 aliphatic heterocycles. The molecule has 0 heterocycles. The van der Waals surface area contributed by atoms with Crippen molar-refractivity contribution in [3.05, 3.63) is 69.7 Å². The van der Waals surface area contributed by atoms with Crippen molar-refractivity contribution in [1.29, 1.82) is 0 Å². The summed E-state index contributed by atoms with van der Waals surface area (Å²) in [5.74, 6) is -0.325. The molecule has 2 aromatic rings. The largest absolute Gasteiger partial charge is 0.465 e. The topological polar surface area (TPSA) is 26.3 Å². The van der Waals surface area contributed by atoms with E-state index in [1.165, 1.54) is 7.11 Å². The number of carbonyl (C=O) groups excluding carboxylic acids is 1. The van der Waals surface area contributed by atoms with E-state index in [0.29, 0.717) is 5.56 Å². The molecule has 0 aliphatic rings. The lowest BCUT2D eigenvalue weighted by molar-refractivity contribution is 0.0600. The summed E-state index contributed by atoms with van der Waals surface area (Å²) in [4.78, 5) is 11.6. The second-order valence-corrected chi connectivity index (χ2v) is 4.88. The van der Waals surface area contributed by atoms with E-state index >= 15 is 0 Å². The molecule has 96 valence electrons. The molecule has 0 saturated carbocycles. The van der Waals surface area contributed by atoms with Crippen LogP contribution >= 0.6 is 15.9 Å². The van der Waals surface area contributed by atoms with Crippen LogP contribution in [0.25, 0.3) is 12.2 Å². The van der Waals surface area contributed by atoms with Crippen molar-refractivity contribution in [2.75, 3.05) is 7.11 Å². The molecule has 0 amide bonds. The summed E-state index contributed by atoms with van der Waals surface area (Å²) < 4.78 is 5.79. The van der Waals surface area contributed by atoms with Gasteiger partial charge in [-0.05, 0) is 29.3 Å². The smallest absolute Gasteiger partial charge is 0.338 e. The number of hydrogen-bond donors (Lipinski definition) is 0. The third-order valence-electron chi connectivity index (χ3n) is 2.67. The van der Waals surface area contributed by atoms with Gasteiger partial charge in [0.15, 0.2) is 0 Å². The van der Waals surface area contributed by atoms with Crippen LogP contribution in [0, 0.1) is 0 Å². The SMILES string of the molecule is COC(=O)c1ccccc1/C=C/c1cccc(Br)c1. The third-order valence-corrected chi connectivity index (χ3v) is 3.16. The van der Waals surface area contributed by atoms with Crippen LogP contribution in [0.15, 0.2) is 53.0 Å². The van der Waals surface area contributed by atoms with Crippen molar-refractivity contribution in [3.63, 3.8) is 0 Å². The lowest BCUT2D eigenvalue weighted by Crippen LogP contribution is -2.02. The van der Waals surface area contributed by atoms with Gasteiger partial charge in [-0.15, -0.1) is 0 Å². The lowest BCUT2D eigenvalue weighted by atomic mass is 10.1. The van der Waals surface area contributed by atoms with Gasteiger partial charge in [-0.3, -0.25) is 0 Å². The summed E-state index contributed by atoms with van der Waals surface area (Å²) in [6, 6.07) is 15.3. The molecule has 0 unspecified atom stereocenters. The average molecular weight is 317 g/mol. The van der Waals surface area contributed by atoms with Crippen molar-refractivity contribution in [1.82, 2.24) is 0 Å². The van der Waals surface area contributed by atoms with Crippen LogP contribution in [-0.2, 0) is 4.74 Å². The van der Waals surface area contributed by atoms with Crippen LogP contribution in [0.4, 0.5) is 0 Å². The number of methoxy groups -OCH3 is 1. The maximum absolute atomic E-state index is 11.6. The Labute approximate surface area is 120 Å². The second kappa shape index (κ2) is 6.34. The van der Waals surface area contributed by atoms with Gasteiger partial charge in [0.2, 0.25) is 0 Å². The first-order valence-corrected chi connectivity index (χ1v) is 6.61. The fourth-order valence-electron chi connectivity index (χ4n) is 1.73. The summed E-state index contributed by atoms with van der Waals surface area (Å²) in [5, 5.41) is 0. The van der Waals surface area contributed by atoms with E-state index in [-0.39, 0.29) is 5.97 Å². The Balaban J connectivity index is 2.31. The van der Waals surface area contributed by atoms with E-state index < -0.39 is 0 Å².